The van der Waals surface area contributed by atoms with Crippen LogP contribution in [0.5, 0.6) is 0 Å². The molecule has 0 spiro atoms. The van der Waals surface area contributed by atoms with E-state index in [1.165, 1.54) is 0 Å². The Morgan fingerprint density at radius 2 is 2.18 bits per heavy atom. The Morgan fingerprint density at radius 3 is 2.94 bits per heavy atom. The van der Waals surface area contributed by atoms with E-state index in [9.17, 15) is 0 Å². The Balaban J connectivity index is 2.10. The average molecular weight is 251 g/mol. The van der Waals surface area contributed by atoms with Gasteiger partial charge in [0.25, 0.3) is 0 Å². The minimum Gasteiger partial charge on any atom is -0.342 e. The summed E-state index contributed by atoms with van der Waals surface area (Å²) in [7, 11) is 0. The van der Waals surface area contributed by atoms with Gasteiger partial charge in [-0.2, -0.15) is 0 Å². The second-order valence-electron chi connectivity index (χ2n) is 3.84. The molecule has 90 valence electrons. The van der Waals surface area contributed by atoms with Gasteiger partial charge in [0, 0.05) is 24.4 Å². The van der Waals surface area contributed by atoms with Crippen LogP contribution in [0.2, 0.25) is 5.02 Å². The maximum atomic E-state index is 6.09. The molecule has 2 rings (SSSR count). The summed E-state index contributed by atoms with van der Waals surface area (Å²) in [6.45, 7) is 0.724. The maximum Gasteiger partial charge on any atom is 0.106 e. The Bertz CT molecular complexity index is 481. The molecule has 2 heterocycles. The van der Waals surface area contributed by atoms with E-state index in [2.05, 4.69) is 15.0 Å². The number of H-pyrrole nitrogens is 1. The second kappa shape index (κ2) is 5.80. The molecule has 0 bridgehead atoms. The lowest BCUT2D eigenvalue weighted by Crippen LogP contribution is -1.99. The minimum atomic E-state index is 0.678. The van der Waals surface area contributed by atoms with E-state index < -0.39 is 0 Å². The Morgan fingerprint density at radius 1 is 1.29 bits per heavy atom. The number of rotatable bonds is 5. The van der Waals surface area contributed by atoms with Crippen molar-refractivity contribution < 1.29 is 0 Å². The van der Waals surface area contributed by atoms with Crippen molar-refractivity contribution in [1.82, 2.24) is 15.0 Å². The van der Waals surface area contributed by atoms with Gasteiger partial charge in [0.15, 0.2) is 0 Å². The molecule has 0 atom stereocenters. The van der Waals surface area contributed by atoms with Crippen LogP contribution in [-0.2, 0) is 6.42 Å². The van der Waals surface area contributed by atoms with Gasteiger partial charge in [0.1, 0.15) is 5.82 Å². The van der Waals surface area contributed by atoms with E-state index in [0.717, 1.165) is 42.9 Å². The summed E-state index contributed by atoms with van der Waals surface area (Å²) in [5.41, 5.74) is 7.24. The van der Waals surface area contributed by atoms with Gasteiger partial charge in [-0.3, -0.25) is 4.98 Å². The average Bonchev–Trinajstić information content (AvgIpc) is 2.79. The first-order valence-electron chi connectivity index (χ1n) is 5.65. The molecule has 0 aliphatic rings. The van der Waals surface area contributed by atoms with E-state index in [1.807, 2.05) is 0 Å². The predicted molar refractivity (Wildman–Crippen MR) is 68.8 cm³/mol. The summed E-state index contributed by atoms with van der Waals surface area (Å²) >= 11 is 6.09. The predicted octanol–water partition coefficient (Wildman–Crippen LogP) is 2.41. The SMILES string of the molecule is NCCCCc1ncc(-c2cnccc2Cl)[nH]1. The monoisotopic (exact) mass is 250 g/mol. The first-order valence-corrected chi connectivity index (χ1v) is 6.03. The maximum absolute atomic E-state index is 6.09. The highest BCUT2D eigenvalue weighted by atomic mass is 35.5. The molecule has 0 saturated heterocycles. The lowest BCUT2D eigenvalue weighted by atomic mass is 10.2. The van der Waals surface area contributed by atoms with Crippen molar-refractivity contribution >= 4 is 11.6 Å². The van der Waals surface area contributed by atoms with Crippen LogP contribution in [0.1, 0.15) is 18.7 Å². The smallest absolute Gasteiger partial charge is 0.106 e. The standard InChI is InChI=1S/C12H15ClN4/c13-10-4-6-15-7-9(10)11-8-16-12(17-11)3-1-2-5-14/h4,6-8H,1-3,5,14H2,(H,16,17). The highest BCUT2D eigenvalue weighted by molar-refractivity contribution is 6.33. The zero-order chi connectivity index (χ0) is 12.1. The lowest BCUT2D eigenvalue weighted by molar-refractivity contribution is 0.723. The summed E-state index contributed by atoms with van der Waals surface area (Å²) in [5, 5.41) is 0.678. The van der Waals surface area contributed by atoms with Crippen molar-refractivity contribution in [1.29, 1.82) is 0 Å². The summed E-state index contributed by atoms with van der Waals surface area (Å²) < 4.78 is 0. The number of halogens is 1. The van der Waals surface area contributed by atoms with Crippen LogP contribution in [0.15, 0.2) is 24.7 Å². The third kappa shape index (κ3) is 3.05. The molecule has 4 nitrogen and oxygen atoms in total. The molecule has 3 N–H and O–H groups in total. The quantitative estimate of drug-likeness (QED) is 0.801. The molecular weight excluding hydrogens is 236 g/mol. The summed E-state index contributed by atoms with van der Waals surface area (Å²) in [6.07, 6.45) is 8.17. The molecule has 0 radical (unpaired) electrons. The number of hydrogen-bond acceptors (Lipinski definition) is 3. The molecular formula is C12H15ClN4. The molecule has 0 unspecified atom stereocenters. The van der Waals surface area contributed by atoms with Crippen LogP contribution >= 0.6 is 11.6 Å². The molecule has 0 amide bonds. The van der Waals surface area contributed by atoms with Crippen LogP contribution < -0.4 is 5.73 Å². The third-order valence-electron chi connectivity index (χ3n) is 2.55. The van der Waals surface area contributed by atoms with Crippen molar-refractivity contribution in [2.24, 2.45) is 5.73 Å². The normalized spacial score (nSPS) is 10.7. The summed E-state index contributed by atoms with van der Waals surface area (Å²) in [6, 6.07) is 1.77. The van der Waals surface area contributed by atoms with Gasteiger partial charge in [-0.1, -0.05) is 11.6 Å². The number of unbranched alkanes of at least 4 members (excludes halogenated alkanes) is 1. The molecule has 0 aliphatic carbocycles. The number of imidazole rings is 1. The van der Waals surface area contributed by atoms with Crippen molar-refractivity contribution in [3.63, 3.8) is 0 Å². The third-order valence-corrected chi connectivity index (χ3v) is 2.88. The molecule has 0 aromatic carbocycles. The van der Waals surface area contributed by atoms with Gasteiger partial charge in [0.05, 0.1) is 16.9 Å². The second-order valence-corrected chi connectivity index (χ2v) is 4.25. The Labute approximate surface area is 105 Å². The number of hydrogen-bond donors (Lipinski definition) is 2. The molecule has 5 heteroatoms. The fourth-order valence-corrected chi connectivity index (χ4v) is 1.85. The molecule has 17 heavy (non-hydrogen) atoms. The topological polar surface area (TPSA) is 67.6 Å². The van der Waals surface area contributed by atoms with E-state index in [-0.39, 0.29) is 0 Å². The van der Waals surface area contributed by atoms with Crippen molar-refractivity contribution in [2.75, 3.05) is 6.54 Å². The van der Waals surface area contributed by atoms with Gasteiger partial charge in [-0.05, 0) is 25.5 Å². The molecule has 2 aromatic rings. The van der Waals surface area contributed by atoms with Gasteiger partial charge in [0.2, 0.25) is 0 Å². The molecule has 0 saturated carbocycles. The number of aryl methyl sites for hydroxylation is 1. The van der Waals surface area contributed by atoms with Gasteiger partial charge in [-0.15, -0.1) is 0 Å². The molecule has 0 fully saturated rings. The van der Waals surface area contributed by atoms with Crippen molar-refractivity contribution in [3.05, 3.63) is 35.5 Å². The van der Waals surface area contributed by atoms with E-state index in [1.54, 1.807) is 24.7 Å². The van der Waals surface area contributed by atoms with Crippen LogP contribution in [0, 0.1) is 0 Å². The van der Waals surface area contributed by atoms with E-state index in [0.29, 0.717) is 5.02 Å². The number of nitrogens with one attached hydrogen (secondary N) is 1. The summed E-state index contributed by atoms with van der Waals surface area (Å²) in [5.74, 6) is 0.966. The number of nitrogens with zero attached hydrogens (tertiary/aromatic N) is 2. The Hall–Kier alpha value is -1.39. The fourth-order valence-electron chi connectivity index (χ4n) is 1.64. The highest BCUT2D eigenvalue weighted by Crippen LogP contribution is 2.24. The first-order chi connectivity index (χ1) is 8.31. The number of nitrogens with two attached hydrogens (primary N) is 1. The van der Waals surface area contributed by atoms with E-state index >= 15 is 0 Å². The van der Waals surface area contributed by atoms with Crippen LogP contribution in [0.4, 0.5) is 0 Å². The number of aromatic nitrogens is 3. The molecule has 0 aliphatic heterocycles. The van der Waals surface area contributed by atoms with E-state index in [4.69, 9.17) is 17.3 Å². The molecule has 2 aromatic heterocycles. The Kier molecular flexibility index (Phi) is 4.12. The first kappa shape index (κ1) is 12.1. The number of pyridine rings is 1. The van der Waals surface area contributed by atoms with Crippen LogP contribution in [0.25, 0.3) is 11.3 Å². The number of aromatic amines is 1. The fraction of sp³-hybridized carbons (Fsp3) is 0.333. The van der Waals surface area contributed by atoms with Crippen LogP contribution in [-0.4, -0.2) is 21.5 Å². The van der Waals surface area contributed by atoms with Gasteiger partial charge in [-0.25, -0.2) is 4.98 Å². The zero-order valence-corrected chi connectivity index (χ0v) is 10.2. The van der Waals surface area contributed by atoms with Crippen molar-refractivity contribution in [3.8, 4) is 11.3 Å². The minimum absolute atomic E-state index is 0.678. The van der Waals surface area contributed by atoms with Crippen LogP contribution in [0.3, 0.4) is 0 Å². The zero-order valence-electron chi connectivity index (χ0n) is 9.49. The summed E-state index contributed by atoms with van der Waals surface area (Å²) in [4.78, 5) is 11.6. The highest BCUT2D eigenvalue weighted by Gasteiger charge is 2.06. The lowest BCUT2D eigenvalue weighted by Gasteiger charge is -1.99. The van der Waals surface area contributed by atoms with Gasteiger partial charge < -0.3 is 10.7 Å². The van der Waals surface area contributed by atoms with Gasteiger partial charge >= 0.3 is 0 Å². The van der Waals surface area contributed by atoms with Crippen molar-refractivity contribution in [2.45, 2.75) is 19.3 Å². The largest absolute Gasteiger partial charge is 0.342 e.